The van der Waals surface area contributed by atoms with Crippen molar-refractivity contribution in [3.63, 3.8) is 0 Å². The summed E-state index contributed by atoms with van der Waals surface area (Å²) >= 11 is 7.47. The lowest BCUT2D eigenvalue weighted by atomic mass is 10.1. The number of thiazole rings is 1. The van der Waals surface area contributed by atoms with E-state index >= 15 is 0 Å². The van der Waals surface area contributed by atoms with E-state index in [1.165, 1.54) is 11.3 Å². The second-order valence-corrected chi connectivity index (χ2v) is 9.31. The molecule has 0 bridgehead atoms. The average molecular weight is 477 g/mol. The Kier molecular flexibility index (Phi) is 5.56. The fourth-order valence-corrected chi connectivity index (χ4v) is 4.99. The summed E-state index contributed by atoms with van der Waals surface area (Å²) in [5.74, 6) is 1.16. The number of halogens is 1. The maximum absolute atomic E-state index is 13.3. The normalized spacial score (nSPS) is 12.1. The molecule has 166 valence electrons. The Bertz CT molecular complexity index is 1620. The maximum Gasteiger partial charge on any atom is 0.274 e. The van der Waals surface area contributed by atoms with E-state index in [0.29, 0.717) is 32.6 Å². The minimum absolute atomic E-state index is 0.0932. The lowest BCUT2D eigenvalue weighted by Gasteiger charge is -2.13. The summed E-state index contributed by atoms with van der Waals surface area (Å²) in [5.41, 5.74) is 5.56. The van der Waals surface area contributed by atoms with Crippen LogP contribution in [-0.2, 0) is 6.61 Å². The summed E-state index contributed by atoms with van der Waals surface area (Å²) in [6.45, 7) is 4.41. The molecule has 33 heavy (non-hydrogen) atoms. The zero-order chi connectivity index (χ0) is 23.1. The topological polar surface area (TPSA) is 52.8 Å². The quantitative estimate of drug-likeness (QED) is 0.345. The molecule has 7 heteroatoms. The van der Waals surface area contributed by atoms with Gasteiger partial charge in [0.2, 0.25) is 0 Å². The van der Waals surface area contributed by atoms with Gasteiger partial charge in [-0.15, -0.1) is 0 Å². The standard InChI is InChI=1S/C26H21ClN2O3S/c1-15-10-20-21(11-16(15)2)29-25(30)23(33-26(29)28-20)13-18-7-5-9-22(31-3)24(18)32-14-17-6-4-8-19(27)12-17/h4-13H,14H2,1-3H3. The number of nitrogens with zero attached hydrogens (tertiary/aromatic N) is 2. The minimum Gasteiger partial charge on any atom is -0.493 e. The predicted molar refractivity (Wildman–Crippen MR) is 134 cm³/mol. The third-order valence-electron chi connectivity index (χ3n) is 5.64. The summed E-state index contributed by atoms with van der Waals surface area (Å²) in [7, 11) is 1.60. The van der Waals surface area contributed by atoms with Gasteiger partial charge in [-0.05, 0) is 66.9 Å². The molecule has 5 nitrogen and oxygen atoms in total. The number of fused-ring (bicyclic) bond motifs is 3. The van der Waals surface area contributed by atoms with Crippen molar-refractivity contribution in [1.29, 1.82) is 0 Å². The first kappa shape index (κ1) is 21.5. The molecule has 0 N–H and O–H groups in total. The van der Waals surface area contributed by atoms with Gasteiger partial charge in [-0.1, -0.05) is 47.2 Å². The first-order valence-corrected chi connectivity index (χ1v) is 11.6. The van der Waals surface area contributed by atoms with Gasteiger partial charge >= 0.3 is 0 Å². The molecule has 0 saturated carbocycles. The minimum atomic E-state index is -0.0932. The highest BCUT2D eigenvalue weighted by molar-refractivity contribution is 7.15. The molecule has 0 amide bonds. The van der Waals surface area contributed by atoms with Crippen LogP contribution >= 0.6 is 22.9 Å². The fourth-order valence-electron chi connectivity index (χ4n) is 3.80. The van der Waals surface area contributed by atoms with Crippen LogP contribution in [0.2, 0.25) is 5.02 Å². The molecule has 5 rings (SSSR count). The monoisotopic (exact) mass is 476 g/mol. The van der Waals surface area contributed by atoms with Crippen LogP contribution < -0.4 is 19.6 Å². The summed E-state index contributed by atoms with van der Waals surface area (Å²) in [4.78, 5) is 18.7. The van der Waals surface area contributed by atoms with Crippen LogP contribution in [0.4, 0.5) is 0 Å². The Morgan fingerprint density at radius 1 is 1.09 bits per heavy atom. The van der Waals surface area contributed by atoms with Crippen molar-refractivity contribution in [3.05, 3.63) is 96.8 Å². The fraction of sp³-hybridized carbons (Fsp3) is 0.154. The molecule has 0 fully saturated rings. The highest BCUT2D eigenvalue weighted by Gasteiger charge is 2.14. The Morgan fingerprint density at radius 2 is 1.88 bits per heavy atom. The lowest BCUT2D eigenvalue weighted by Crippen LogP contribution is -2.22. The Hall–Kier alpha value is -3.35. The van der Waals surface area contributed by atoms with Gasteiger partial charge < -0.3 is 9.47 Å². The molecule has 0 aliphatic carbocycles. The number of methoxy groups -OCH3 is 1. The third-order valence-corrected chi connectivity index (χ3v) is 6.85. The van der Waals surface area contributed by atoms with Gasteiger partial charge in [0.05, 0.1) is 22.7 Å². The molecule has 3 aromatic carbocycles. The first-order valence-electron chi connectivity index (χ1n) is 10.4. The van der Waals surface area contributed by atoms with E-state index in [-0.39, 0.29) is 5.56 Å². The van der Waals surface area contributed by atoms with E-state index in [0.717, 1.165) is 33.3 Å². The molecule has 0 aliphatic heterocycles. The largest absolute Gasteiger partial charge is 0.493 e. The number of imidazole rings is 1. The summed E-state index contributed by atoms with van der Waals surface area (Å²) in [6.07, 6.45) is 1.84. The molecular formula is C26H21ClN2O3S. The molecule has 0 radical (unpaired) electrons. The van der Waals surface area contributed by atoms with Gasteiger partial charge in [0.25, 0.3) is 5.56 Å². The van der Waals surface area contributed by atoms with Crippen LogP contribution in [-0.4, -0.2) is 16.5 Å². The Morgan fingerprint density at radius 3 is 2.67 bits per heavy atom. The molecule has 0 saturated heterocycles. The van der Waals surface area contributed by atoms with Gasteiger partial charge in [0.15, 0.2) is 16.5 Å². The first-order chi connectivity index (χ1) is 15.9. The van der Waals surface area contributed by atoms with Gasteiger partial charge in [0, 0.05) is 10.6 Å². The molecule has 0 aliphatic rings. The number of ether oxygens (including phenoxy) is 2. The number of rotatable bonds is 5. The van der Waals surface area contributed by atoms with Crippen molar-refractivity contribution in [3.8, 4) is 11.5 Å². The van der Waals surface area contributed by atoms with Gasteiger partial charge in [0.1, 0.15) is 6.61 Å². The summed E-state index contributed by atoms with van der Waals surface area (Å²) < 4.78 is 13.9. The van der Waals surface area contributed by atoms with Crippen molar-refractivity contribution in [1.82, 2.24) is 9.38 Å². The number of para-hydroxylation sites is 1. The van der Waals surface area contributed by atoms with E-state index in [4.69, 9.17) is 21.1 Å². The number of aryl methyl sites for hydroxylation is 2. The average Bonchev–Trinajstić information content (AvgIpc) is 3.28. The Balaban J connectivity index is 1.61. The SMILES string of the molecule is COc1cccc(C=c2sc3nc4cc(C)c(C)cc4n3c2=O)c1OCc1cccc(Cl)c1. The maximum atomic E-state index is 13.3. The smallest absolute Gasteiger partial charge is 0.274 e. The highest BCUT2D eigenvalue weighted by atomic mass is 35.5. The zero-order valence-electron chi connectivity index (χ0n) is 18.4. The molecule has 5 aromatic rings. The van der Waals surface area contributed by atoms with Crippen LogP contribution in [0.1, 0.15) is 22.3 Å². The third kappa shape index (κ3) is 3.96. The number of hydrogen-bond donors (Lipinski definition) is 0. The van der Waals surface area contributed by atoms with Gasteiger partial charge in [-0.25, -0.2) is 9.38 Å². The van der Waals surface area contributed by atoms with Crippen LogP contribution in [0.15, 0.2) is 59.4 Å². The van der Waals surface area contributed by atoms with E-state index < -0.39 is 0 Å². The predicted octanol–water partition coefficient (Wildman–Crippen LogP) is 5.31. The van der Waals surface area contributed by atoms with E-state index in [9.17, 15) is 4.79 Å². The van der Waals surface area contributed by atoms with Crippen LogP contribution in [0.25, 0.3) is 22.1 Å². The number of hydrogen-bond acceptors (Lipinski definition) is 5. The van der Waals surface area contributed by atoms with Crippen LogP contribution in [0, 0.1) is 13.8 Å². The van der Waals surface area contributed by atoms with Crippen LogP contribution in [0.5, 0.6) is 11.5 Å². The zero-order valence-corrected chi connectivity index (χ0v) is 20.0. The summed E-state index contributed by atoms with van der Waals surface area (Å²) in [6, 6.07) is 17.2. The summed E-state index contributed by atoms with van der Waals surface area (Å²) in [5, 5.41) is 0.651. The van der Waals surface area contributed by atoms with Crippen molar-refractivity contribution >= 4 is 45.0 Å². The second-order valence-electron chi connectivity index (χ2n) is 7.87. The molecular weight excluding hydrogens is 456 g/mol. The molecule has 0 unspecified atom stereocenters. The highest BCUT2D eigenvalue weighted by Crippen LogP contribution is 2.32. The number of aromatic nitrogens is 2. The van der Waals surface area contributed by atoms with Crippen molar-refractivity contribution < 1.29 is 9.47 Å². The second kappa shape index (κ2) is 8.54. The van der Waals surface area contributed by atoms with E-state index in [2.05, 4.69) is 4.98 Å². The van der Waals surface area contributed by atoms with Crippen LogP contribution in [0.3, 0.4) is 0 Å². The van der Waals surface area contributed by atoms with E-state index in [1.54, 1.807) is 11.5 Å². The van der Waals surface area contributed by atoms with Gasteiger partial charge in [-0.3, -0.25) is 4.79 Å². The molecule has 0 spiro atoms. The lowest BCUT2D eigenvalue weighted by molar-refractivity contribution is 0.284. The van der Waals surface area contributed by atoms with Crippen molar-refractivity contribution in [2.24, 2.45) is 0 Å². The number of benzene rings is 3. The van der Waals surface area contributed by atoms with E-state index in [1.807, 2.05) is 74.5 Å². The molecule has 0 atom stereocenters. The van der Waals surface area contributed by atoms with Gasteiger partial charge in [-0.2, -0.15) is 0 Å². The molecule has 2 aromatic heterocycles. The molecule has 2 heterocycles. The Labute approximate surface area is 199 Å². The van der Waals surface area contributed by atoms with Crippen molar-refractivity contribution in [2.45, 2.75) is 20.5 Å². The van der Waals surface area contributed by atoms with Crippen molar-refractivity contribution in [2.75, 3.05) is 7.11 Å².